The first-order valence-corrected chi connectivity index (χ1v) is 8.30. The van der Waals surface area contributed by atoms with E-state index in [-0.39, 0.29) is 0 Å². The van der Waals surface area contributed by atoms with Crippen LogP contribution in [0.1, 0.15) is 12.5 Å². The Morgan fingerprint density at radius 3 is 2.54 bits per heavy atom. The fourth-order valence-electron chi connectivity index (χ4n) is 2.61. The lowest BCUT2D eigenvalue weighted by molar-refractivity contribution is -0.139. The molecule has 5 nitrogen and oxygen atoms in total. The smallest absolute Gasteiger partial charge is 0.341 e. The van der Waals surface area contributed by atoms with Crippen LogP contribution in [-0.2, 0) is 4.79 Å². The van der Waals surface area contributed by atoms with Crippen molar-refractivity contribution in [1.29, 1.82) is 0 Å². The molecule has 0 heterocycles. The summed E-state index contributed by atoms with van der Waals surface area (Å²) in [7, 11) is 0. The van der Waals surface area contributed by atoms with Crippen molar-refractivity contribution in [3.8, 4) is 11.5 Å². The average Bonchev–Trinajstić information content (AvgIpc) is 2.66. The number of carboxylic acids is 1. The SMILES string of the molecule is CCOc1ccc(N=Cc2c(OCC(=O)O)ccc3ccccc23)cc1. The summed E-state index contributed by atoms with van der Waals surface area (Å²) >= 11 is 0. The van der Waals surface area contributed by atoms with E-state index < -0.39 is 12.6 Å². The van der Waals surface area contributed by atoms with E-state index in [0.29, 0.717) is 12.4 Å². The fraction of sp³-hybridized carbons (Fsp3) is 0.143. The Kier molecular flexibility index (Phi) is 5.49. The molecule has 0 aliphatic carbocycles. The first-order valence-electron chi connectivity index (χ1n) is 8.30. The lowest BCUT2D eigenvalue weighted by Gasteiger charge is -2.10. The molecule has 26 heavy (non-hydrogen) atoms. The predicted molar refractivity (Wildman–Crippen MR) is 102 cm³/mol. The number of aliphatic imine (C=N–C) groups is 1. The van der Waals surface area contributed by atoms with E-state index in [4.69, 9.17) is 14.6 Å². The second-order valence-electron chi connectivity index (χ2n) is 5.57. The van der Waals surface area contributed by atoms with Crippen molar-refractivity contribution in [3.63, 3.8) is 0 Å². The standard InChI is InChI=1S/C21H19NO4/c1-2-25-17-10-8-16(9-11-17)22-13-19-18-6-4-3-5-15(18)7-12-20(19)26-14-21(23)24/h3-13H,2,14H2,1H3,(H,23,24). The van der Waals surface area contributed by atoms with E-state index in [1.165, 1.54) is 0 Å². The molecule has 0 aliphatic heterocycles. The highest BCUT2D eigenvalue weighted by atomic mass is 16.5. The maximum atomic E-state index is 10.8. The number of ether oxygens (including phenoxy) is 2. The fourth-order valence-corrected chi connectivity index (χ4v) is 2.61. The summed E-state index contributed by atoms with van der Waals surface area (Å²) in [5, 5.41) is 10.9. The maximum Gasteiger partial charge on any atom is 0.341 e. The molecule has 3 aromatic carbocycles. The largest absolute Gasteiger partial charge is 0.494 e. The summed E-state index contributed by atoms with van der Waals surface area (Å²) in [5.74, 6) is 0.260. The molecular weight excluding hydrogens is 330 g/mol. The zero-order chi connectivity index (χ0) is 18.4. The van der Waals surface area contributed by atoms with Gasteiger partial charge in [0.05, 0.1) is 12.3 Å². The molecule has 0 saturated carbocycles. The number of nitrogens with zero attached hydrogens (tertiary/aromatic N) is 1. The molecular formula is C21H19NO4. The van der Waals surface area contributed by atoms with Crippen molar-refractivity contribution < 1.29 is 19.4 Å². The van der Waals surface area contributed by atoms with E-state index in [1.54, 1.807) is 12.3 Å². The molecule has 3 aromatic rings. The van der Waals surface area contributed by atoms with Crippen molar-refractivity contribution in [2.24, 2.45) is 4.99 Å². The zero-order valence-electron chi connectivity index (χ0n) is 14.4. The number of rotatable bonds is 7. The minimum absolute atomic E-state index is 0.401. The summed E-state index contributed by atoms with van der Waals surface area (Å²) in [6.45, 7) is 2.15. The number of aliphatic carboxylic acids is 1. The molecule has 0 aliphatic rings. The van der Waals surface area contributed by atoms with E-state index in [0.717, 1.165) is 27.8 Å². The monoisotopic (exact) mass is 349 g/mol. The highest BCUT2D eigenvalue weighted by molar-refractivity contribution is 6.03. The van der Waals surface area contributed by atoms with Gasteiger partial charge in [-0.2, -0.15) is 0 Å². The van der Waals surface area contributed by atoms with Gasteiger partial charge in [-0.1, -0.05) is 30.3 Å². The molecule has 0 radical (unpaired) electrons. The first-order chi connectivity index (χ1) is 12.7. The van der Waals surface area contributed by atoms with Gasteiger partial charge in [0, 0.05) is 11.8 Å². The predicted octanol–water partition coefficient (Wildman–Crippen LogP) is 4.45. The van der Waals surface area contributed by atoms with Gasteiger partial charge >= 0.3 is 5.97 Å². The first kappa shape index (κ1) is 17.5. The van der Waals surface area contributed by atoms with Crippen molar-refractivity contribution >= 4 is 28.6 Å². The summed E-state index contributed by atoms with van der Waals surface area (Å²) in [6, 6.07) is 19.0. The summed E-state index contributed by atoms with van der Waals surface area (Å²) in [6.07, 6.45) is 1.70. The number of benzene rings is 3. The van der Waals surface area contributed by atoms with Crippen LogP contribution in [0.5, 0.6) is 11.5 Å². The van der Waals surface area contributed by atoms with Crippen LogP contribution in [-0.4, -0.2) is 30.5 Å². The Morgan fingerprint density at radius 1 is 1.04 bits per heavy atom. The molecule has 0 aromatic heterocycles. The van der Waals surface area contributed by atoms with Gasteiger partial charge in [0.2, 0.25) is 0 Å². The third-order valence-corrected chi connectivity index (χ3v) is 3.77. The van der Waals surface area contributed by atoms with Crippen LogP contribution < -0.4 is 9.47 Å². The second-order valence-corrected chi connectivity index (χ2v) is 5.57. The topological polar surface area (TPSA) is 68.1 Å². The maximum absolute atomic E-state index is 10.8. The molecule has 0 amide bonds. The third-order valence-electron chi connectivity index (χ3n) is 3.77. The molecule has 0 bridgehead atoms. The van der Waals surface area contributed by atoms with Crippen LogP contribution in [0.2, 0.25) is 0 Å². The minimum Gasteiger partial charge on any atom is -0.494 e. The van der Waals surface area contributed by atoms with Gasteiger partial charge in [-0.15, -0.1) is 0 Å². The molecule has 0 saturated heterocycles. The van der Waals surface area contributed by atoms with Crippen LogP contribution in [0.25, 0.3) is 10.8 Å². The second kappa shape index (κ2) is 8.16. The number of hydrogen-bond donors (Lipinski definition) is 1. The summed E-state index contributed by atoms with van der Waals surface area (Å²) in [4.78, 5) is 15.3. The van der Waals surface area contributed by atoms with Crippen molar-refractivity contribution in [1.82, 2.24) is 0 Å². The highest BCUT2D eigenvalue weighted by Gasteiger charge is 2.09. The van der Waals surface area contributed by atoms with Crippen LogP contribution in [0.15, 0.2) is 65.7 Å². The van der Waals surface area contributed by atoms with Gasteiger partial charge in [0.1, 0.15) is 11.5 Å². The van der Waals surface area contributed by atoms with Crippen LogP contribution in [0, 0.1) is 0 Å². The number of fused-ring (bicyclic) bond motifs is 1. The molecule has 0 fully saturated rings. The normalized spacial score (nSPS) is 11.0. The lowest BCUT2D eigenvalue weighted by Crippen LogP contribution is -2.10. The van der Waals surface area contributed by atoms with Crippen molar-refractivity contribution in [3.05, 3.63) is 66.2 Å². The molecule has 0 unspecified atom stereocenters. The van der Waals surface area contributed by atoms with Crippen molar-refractivity contribution in [2.45, 2.75) is 6.92 Å². The molecule has 132 valence electrons. The van der Waals surface area contributed by atoms with Crippen LogP contribution in [0.4, 0.5) is 5.69 Å². The lowest BCUT2D eigenvalue weighted by atomic mass is 10.0. The Hall–Kier alpha value is -3.34. The van der Waals surface area contributed by atoms with Gasteiger partial charge in [0.25, 0.3) is 0 Å². The van der Waals surface area contributed by atoms with Gasteiger partial charge in [-0.25, -0.2) is 4.79 Å². The van der Waals surface area contributed by atoms with Crippen molar-refractivity contribution in [2.75, 3.05) is 13.2 Å². The molecule has 1 N–H and O–H groups in total. The average molecular weight is 349 g/mol. The zero-order valence-corrected chi connectivity index (χ0v) is 14.4. The Morgan fingerprint density at radius 2 is 1.81 bits per heavy atom. The van der Waals surface area contributed by atoms with Gasteiger partial charge in [0.15, 0.2) is 6.61 Å². The van der Waals surface area contributed by atoms with Crippen LogP contribution in [0.3, 0.4) is 0 Å². The molecule has 3 rings (SSSR count). The highest BCUT2D eigenvalue weighted by Crippen LogP contribution is 2.28. The van der Waals surface area contributed by atoms with E-state index in [9.17, 15) is 4.79 Å². The third kappa shape index (κ3) is 4.19. The molecule has 0 spiro atoms. The molecule has 5 heteroatoms. The summed E-state index contributed by atoms with van der Waals surface area (Å²) in [5.41, 5.74) is 1.52. The van der Waals surface area contributed by atoms with E-state index in [1.807, 2.05) is 61.5 Å². The summed E-state index contributed by atoms with van der Waals surface area (Å²) < 4.78 is 10.9. The van der Waals surface area contributed by atoms with E-state index in [2.05, 4.69) is 4.99 Å². The Balaban J connectivity index is 1.95. The van der Waals surface area contributed by atoms with Gasteiger partial charge in [-0.05, 0) is 48.0 Å². The van der Waals surface area contributed by atoms with E-state index >= 15 is 0 Å². The Labute approximate surface area is 151 Å². The number of hydrogen-bond acceptors (Lipinski definition) is 4. The number of carboxylic acid groups (broad SMARTS) is 1. The molecule has 0 atom stereocenters. The number of carbonyl (C=O) groups is 1. The minimum atomic E-state index is -1.02. The van der Waals surface area contributed by atoms with Crippen LogP contribution >= 0.6 is 0 Å². The van der Waals surface area contributed by atoms with Gasteiger partial charge in [-0.3, -0.25) is 4.99 Å². The Bertz CT molecular complexity index is 932. The quantitative estimate of drug-likeness (QED) is 0.640. The van der Waals surface area contributed by atoms with Gasteiger partial charge < -0.3 is 14.6 Å².